The number of carbonyl (C=O) groups is 2. The van der Waals surface area contributed by atoms with E-state index in [1.807, 2.05) is 5.38 Å². The van der Waals surface area contributed by atoms with Crippen molar-refractivity contribution in [2.24, 2.45) is 0 Å². The molecule has 3 N–H and O–H groups in total. The van der Waals surface area contributed by atoms with Crippen LogP contribution in [0.25, 0.3) is 0 Å². The molecule has 1 aromatic rings. The van der Waals surface area contributed by atoms with Gasteiger partial charge in [0.2, 0.25) is 0 Å². The smallest absolute Gasteiger partial charge is 0.309 e. The number of hydrogen-bond donors (Lipinski definition) is 3. The van der Waals surface area contributed by atoms with E-state index in [0.29, 0.717) is 0 Å². The lowest BCUT2D eigenvalue weighted by Crippen LogP contribution is -2.48. The number of thiophene rings is 1. The maximum Gasteiger partial charge on any atom is 0.309 e. The molecule has 0 unspecified atom stereocenters. The first kappa shape index (κ1) is 14.7. The van der Waals surface area contributed by atoms with Gasteiger partial charge in [-0.05, 0) is 43.2 Å². The fraction of sp³-hybridized carbons (Fsp3) is 0.500. The first-order valence-electron chi connectivity index (χ1n) is 5.60. The fourth-order valence-corrected chi connectivity index (χ4v) is 1.96. The van der Waals surface area contributed by atoms with Gasteiger partial charge in [-0.25, -0.2) is 0 Å². The number of aliphatic hydroxyl groups excluding tert-OH is 1. The molecule has 0 aliphatic carbocycles. The Morgan fingerprint density at radius 1 is 1.39 bits per heavy atom. The van der Waals surface area contributed by atoms with Crippen LogP contribution >= 0.6 is 11.3 Å². The Morgan fingerprint density at radius 2 is 2.06 bits per heavy atom. The van der Waals surface area contributed by atoms with Crippen LogP contribution < -0.4 is 10.6 Å². The molecule has 18 heavy (non-hydrogen) atoms. The second-order valence-electron chi connectivity index (χ2n) is 4.99. The van der Waals surface area contributed by atoms with E-state index < -0.39 is 23.5 Å². The number of rotatable bonds is 3. The minimum Gasteiger partial charge on any atom is -0.387 e. The lowest BCUT2D eigenvalue weighted by Gasteiger charge is -2.20. The Kier molecular flexibility index (Phi) is 4.86. The van der Waals surface area contributed by atoms with Gasteiger partial charge in [-0.3, -0.25) is 9.59 Å². The molecule has 0 aliphatic rings. The molecule has 0 spiro atoms. The van der Waals surface area contributed by atoms with Crippen molar-refractivity contribution in [1.29, 1.82) is 0 Å². The predicted molar refractivity (Wildman–Crippen MR) is 70.2 cm³/mol. The molecular weight excluding hydrogens is 252 g/mol. The number of carbonyl (C=O) groups excluding carboxylic acids is 2. The van der Waals surface area contributed by atoms with E-state index in [2.05, 4.69) is 10.6 Å². The predicted octanol–water partition coefficient (Wildman–Crippen LogP) is 0.812. The summed E-state index contributed by atoms with van der Waals surface area (Å²) in [5, 5.41) is 18.3. The lowest BCUT2D eigenvalue weighted by molar-refractivity contribution is -0.140. The quantitative estimate of drug-likeness (QED) is 0.711. The van der Waals surface area contributed by atoms with Crippen LogP contribution in [0.5, 0.6) is 0 Å². The average molecular weight is 270 g/mol. The molecule has 2 amide bonds. The van der Waals surface area contributed by atoms with Crippen LogP contribution in [0.4, 0.5) is 0 Å². The minimum absolute atomic E-state index is 0.0210. The third-order valence-electron chi connectivity index (χ3n) is 2.08. The summed E-state index contributed by atoms with van der Waals surface area (Å²) in [5.74, 6) is -1.43. The fourth-order valence-electron chi connectivity index (χ4n) is 1.25. The van der Waals surface area contributed by atoms with Crippen LogP contribution in [-0.2, 0) is 9.59 Å². The Hall–Kier alpha value is -1.40. The second-order valence-corrected chi connectivity index (χ2v) is 5.77. The third kappa shape index (κ3) is 4.85. The van der Waals surface area contributed by atoms with Crippen LogP contribution in [0.3, 0.4) is 0 Å². The second kappa shape index (κ2) is 5.97. The van der Waals surface area contributed by atoms with Gasteiger partial charge < -0.3 is 15.7 Å². The zero-order chi connectivity index (χ0) is 13.8. The van der Waals surface area contributed by atoms with Gasteiger partial charge in [-0.1, -0.05) is 0 Å². The van der Waals surface area contributed by atoms with Crippen molar-refractivity contribution < 1.29 is 14.7 Å². The van der Waals surface area contributed by atoms with E-state index in [0.717, 1.165) is 5.56 Å². The first-order chi connectivity index (χ1) is 8.29. The first-order valence-corrected chi connectivity index (χ1v) is 6.54. The molecule has 0 saturated heterocycles. The normalized spacial score (nSPS) is 12.9. The van der Waals surface area contributed by atoms with Gasteiger partial charge in [0.1, 0.15) is 0 Å². The SMILES string of the molecule is CC(C)(C)NC(=O)C(=O)NC[C@H](O)c1ccsc1. The van der Waals surface area contributed by atoms with Gasteiger partial charge >= 0.3 is 11.8 Å². The lowest BCUT2D eigenvalue weighted by atomic mass is 10.1. The number of amides is 2. The van der Waals surface area contributed by atoms with Gasteiger partial charge in [0.25, 0.3) is 0 Å². The monoisotopic (exact) mass is 270 g/mol. The summed E-state index contributed by atoms with van der Waals surface area (Å²) < 4.78 is 0. The summed E-state index contributed by atoms with van der Waals surface area (Å²) in [7, 11) is 0. The number of aliphatic hydroxyl groups is 1. The Bertz CT molecular complexity index is 409. The highest BCUT2D eigenvalue weighted by molar-refractivity contribution is 7.07. The van der Waals surface area contributed by atoms with Crippen molar-refractivity contribution in [3.63, 3.8) is 0 Å². The summed E-state index contributed by atoms with van der Waals surface area (Å²) in [6.45, 7) is 5.39. The van der Waals surface area contributed by atoms with Crippen LogP contribution in [-0.4, -0.2) is 29.0 Å². The molecule has 0 aliphatic heterocycles. The summed E-state index contributed by atoms with van der Waals surface area (Å²) >= 11 is 1.46. The van der Waals surface area contributed by atoms with E-state index in [-0.39, 0.29) is 6.54 Å². The van der Waals surface area contributed by atoms with Gasteiger partial charge in [0.05, 0.1) is 6.10 Å². The topological polar surface area (TPSA) is 78.4 Å². The van der Waals surface area contributed by atoms with Crippen molar-refractivity contribution in [3.8, 4) is 0 Å². The molecule has 0 aromatic carbocycles. The molecule has 1 aromatic heterocycles. The van der Waals surface area contributed by atoms with E-state index in [1.54, 1.807) is 32.2 Å². The average Bonchev–Trinajstić information content (AvgIpc) is 2.76. The van der Waals surface area contributed by atoms with Crippen molar-refractivity contribution >= 4 is 23.2 Å². The van der Waals surface area contributed by atoms with Crippen molar-refractivity contribution in [2.75, 3.05) is 6.54 Å². The van der Waals surface area contributed by atoms with Crippen LogP contribution in [0.1, 0.15) is 32.4 Å². The molecule has 100 valence electrons. The minimum atomic E-state index is -0.789. The molecule has 0 saturated carbocycles. The standard InChI is InChI=1S/C12H18N2O3S/c1-12(2,3)14-11(17)10(16)13-6-9(15)8-4-5-18-7-8/h4-5,7,9,15H,6H2,1-3H3,(H,13,16)(H,14,17)/t9-/m0/s1. The molecule has 1 heterocycles. The van der Waals surface area contributed by atoms with E-state index in [1.165, 1.54) is 11.3 Å². The largest absolute Gasteiger partial charge is 0.387 e. The summed E-state index contributed by atoms with van der Waals surface area (Å²) in [6, 6.07) is 1.77. The Labute approximate surface area is 110 Å². The van der Waals surface area contributed by atoms with E-state index in [9.17, 15) is 14.7 Å². The van der Waals surface area contributed by atoms with Crippen LogP contribution in [0, 0.1) is 0 Å². The molecule has 1 atom stereocenters. The zero-order valence-corrected chi connectivity index (χ0v) is 11.5. The Balaban J connectivity index is 2.39. The van der Waals surface area contributed by atoms with Crippen LogP contribution in [0.2, 0.25) is 0 Å². The summed E-state index contributed by atoms with van der Waals surface area (Å²) in [6.07, 6.45) is -0.789. The molecule has 0 bridgehead atoms. The van der Waals surface area contributed by atoms with Crippen molar-refractivity contribution in [3.05, 3.63) is 22.4 Å². The van der Waals surface area contributed by atoms with E-state index >= 15 is 0 Å². The van der Waals surface area contributed by atoms with Crippen molar-refractivity contribution in [1.82, 2.24) is 10.6 Å². The van der Waals surface area contributed by atoms with Crippen LogP contribution in [0.15, 0.2) is 16.8 Å². The molecular formula is C12H18N2O3S. The van der Waals surface area contributed by atoms with Gasteiger partial charge in [0, 0.05) is 12.1 Å². The highest BCUT2D eigenvalue weighted by Gasteiger charge is 2.20. The zero-order valence-electron chi connectivity index (χ0n) is 10.7. The highest BCUT2D eigenvalue weighted by atomic mass is 32.1. The molecule has 6 heteroatoms. The van der Waals surface area contributed by atoms with Gasteiger partial charge in [-0.15, -0.1) is 0 Å². The molecule has 0 fully saturated rings. The van der Waals surface area contributed by atoms with Crippen molar-refractivity contribution in [2.45, 2.75) is 32.4 Å². The summed E-state index contributed by atoms with van der Waals surface area (Å²) in [4.78, 5) is 22.9. The highest BCUT2D eigenvalue weighted by Crippen LogP contribution is 2.14. The number of nitrogens with one attached hydrogen (secondary N) is 2. The van der Waals surface area contributed by atoms with Gasteiger partial charge in [-0.2, -0.15) is 11.3 Å². The maximum atomic E-state index is 11.5. The molecule has 5 nitrogen and oxygen atoms in total. The Morgan fingerprint density at radius 3 is 2.56 bits per heavy atom. The van der Waals surface area contributed by atoms with Gasteiger partial charge in [0.15, 0.2) is 0 Å². The third-order valence-corrected chi connectivity index (χ3v) is 2.78. The summed E-state index contributed by atoms with van der Waals surface area (Å²) in [5.41, 5.74) is 0.275. The molecule has 1 rings (SSSR count). The van der Waals surface area contributed by atoms with E-state index in [4.69, 9.17) is 0 Å². The molecule has 0 radical (unpaired) electrons. The maximum absolute atomic E-state index is 11.5. The number of hydrogen-bond acceptors (Lipinski definition) is 4.